The summed E-state index contributed by atoms with van der Waals surface area (Å²) in [7, 11) is 0. The molecule has 4 rings (SSSR count). The highest BCUT2D eigenvalue weighted by Crippen LogP contribution is 2.36. The first-order valence-corrected chi connectivity index (χ1v) is 9.19. The van der Waals surface area contributed by atoms with Gasteiger partial charge in [-0.2, -0.15) is 0 Å². The molecule has 4 heteroatoms. The third-order valence-electron chi connectivity index (χ3n) is 5.05. The standard InChI is InChI=1S/C23H23N3O/c1-15-12-16(2)20(17(3)13-15)25-22-21-19(10-7-11-24-21)23(27)26(22)14-18-8-5-4-6-9-18/h4-13,22,25H,14H2,1-3H3/t22-/m1/s1. The minimum Gasteiger partial charge on any atom is -0.360 e. The van der Waals surface area contributed by atoms with Crippen LogP contribution in [0.15, 0.2) is 60.8 Å². The largest absolute Gasteiger partial charge is 0.360 e. The first kappa shape index (κ1) is 17.3. The molecule has 0 fully saturated rings. The van der Waals surface area contributed by atoms with Crippen molar-refractivity contribution >= 4 is 11.6 Å². The van der Waals surface area contributed by atoms with Crippen molar-refractivity contribution in [2.45, 2.75) is 33.5 Å². The first-order valence-electron chi connectivity index (χ1n) is 9.19. The van der Waals surface area contributed by atoms with Crippen LogP contribution in [0.1, 0.15) is 44.5 Å². The molecule has 4 nitrogen and oxygen atoms in total. The SMILES string of the molecule is Cc1cc(C)c(N[C@H]2c3ncccc3C(=O)N2Cc2ccccc2)c(C)c1. The number of rotatable bonds is 4. The van der Waals surface area contributed by atoms with Crippen molar-refractivity contribution in [1.29, 1.82) is 0 Å². The van der Waals surface area contributed by atoms with Gasteiger partial charge in [0.25, 0.3) is 5.91 Å². The van der Waals surface area contributed by atoms with Gasteiger partial charge in [0, 0.05) is 18.4 Å². The van der Waals surface area contributed by atoms with E-state index in [1.807, 2.05) is 47.4 Å². The van der Waals surface area contributed by atoms with Crippen LogP contribution < -0.4 is 5.32 Å². The highest BCUT2D eigenvalue weighted by Gasteiger charge is 2.38. The molecule has 1 aliphatic heterocycles. The predicted octanol–water partition coefficient (Wildman–Crippen LogP) is 4.77. The fourth-order valence-electron chi connectivity index (χ4n) is 3.87. The lowest BCUT2D eigenvalue weighted by atomic mass is 10.0. The Labute approximate surface area is 159 Å². The number of fused-ring (bicyclic) bond motifs is 1. The molecule has 0 bridgehead atoms. The number of hydrogen-bond donors (Lipinski definition) is 1. The molecular weight excluding hydrogens is 334 g/mol. The molecule has 1 amide bonds. The summed E-state index contributed by atoms with van der Waals surface area (Å²) in [6.45, 7) is 6.83. The second kappa shape index (κ2) is 6.88. The second-order valence-electron chi connectivity index (χ2n) is 7.18. The van der Waals surface area contributed by atoms with Crippen LogP contribution in [0.5, 0.6) is 0 Å². The normalized spacial score (nSPS) is 15.7. The molecule has 0 unspecified atom stereocenters. The molecule has 1 aliphatic rings. The maximum Gasteiger partial charge on any atom is 0.258 e. The van der Waals surface area contributed by atoms with Gasteiger partial charge in [-0.25, -0.2) is 0 Å². The number of nitrogens with one attached hydrogen (secondary N) is 1. The van der Waals surface area contributed by atoms with E-state index >= 15 is 0 Å². The van der Waals surface area contributed by atoms with E-state index < -0.39 is 0 Å². The summed E-state index contributed by atoms with van der Waals surface area (Å²) in [5.41, 5.74) is 7.20. The van der Waals surface area contributed by atoms with Crippen molar-refractivity contribution in [3.63, 3.8) is 0 Å². The van der Waals surface area contributed by atoms with Crippen LogP contribution in [0, 0.1) is 20.8 Å². The van der Waals surface area contributed by atoms with Crippen LogP contribution >= 0.6 is 0 Å². The Hall–Kier alpha value is -3.14. The van der Waals surface area contributed by atoms with Crippen LogP contribution in [0.2, 0.25) is 0 Å². The Balaban J connectivity index is 1.74. The summed E-state index contributed by atoms with van der Waals surface area (Å²) >= 11 is 0. The van der Waals surface area contributed by atoms with Gasteiger partial charge in [0.05, 0.1) is 11.3 Å². The van der Waals surface area contributed by atoms with Crippen molar-refractivity contribution < 1.29 is 4.79 Å². The quantitative estimate of drug-likeness (QED) is 0.731. The van der Waals surface area contributed by atoms with E-state index in [0.29, 0.717) is 12.1 Å². The van der Waals surface area contributed by atoms with Crippen molar-refractivity contribution in [1.82, 2.24) is 9.88 Å². The summed E-state index contributed by atoms with van der Waals surface area (Å²) in [5, 5.41) is 3.60. The predicted molar refractivity (Wildman–Crippen MR) is 108 cm³/mol. The van der Waals surface area contributed by atoms with Crippen molar-refractivity contribution in [3.8, 4) is 0 Å². The van der Waals surface area contributed by atoms with E-state index in [1.54, 1.807) is 6.20 Å². The van der Waals surface area contributed by atoms with Crippen LogP contribution in [0.4, 0.5) is 5.69 Å². The Morgan fingerprint density at radius 3 is 2.41 bits per heavy atom. The molecule has 1 N–H and O–H groups in total. The molecule has 0 radical (unpaired) electrons. The highest BCUT2D eigenvalue weighted by atomic mass is 16.2. The lowest BCUT2D eigenvalue weighted by Gasteiger charge is -2.28. The number of amides is 1. The van der Waals surface area contributed by atoms with E-state index in [2.05, 4.69) is 43.2 Å². The monoisotopic (exact) mass is 357 g/mol. The summed E-state index contributed by atoms with van der Waals surface area (Å²) in [5.74, 6) is 0.0156. The molecule has 1 aromatic heterocycles. The Morgan fingerprint density at radius 1 is 1.00 bits per heavy atom. The molecule has 1 atom stereocenters. The fraction of sp³-hybridized carbons (Fsp3) is 0.217. The van der Waals surface area contributed by atoms with Crippen LogP contribution in [-0.4, -0.2) is 15.8 Å². The zero-order valence-electron chi connectivity index (χ0n) is 15.9. The van der Waals surface area contributed by atoms with E-state index in [0.717, 1.165) is 16.9 Å². The number of carbonyl (C=O) groups is 1. The second-order valence-corrected chi connectivity index (χ2v) is 7.18. The topological polar surface area (TPSA) is 45.2 Å². The van der Waals surface area contributed by atoms with Crippen LogP contribution in [0.3, 0.4) is 0 Å². The maximum atomic E-state index is 13.1. The van der Waals surface area contributed by atoms with Gasteiger partial charge in [-0.05, 0) is 49.6 Å². The van der Waals surface area contributed by atoms with Gasteiger partial charge in [0.1, 0.15) is 6.17 Å². The number of hydrogen-bond acceptors (Lipinski definition) is 3. The first-order chi connectivity index (χ1) is 13.0. The molecule has 3 aromatic rings. The van der Waals surface area contributed by atoms with Crippen LogP contribution in [0.25, 0.3) is 0 Å². The Morgan fingerprint density at radius 2 is 1.70 bits per heavy atom. The molecule has 2 aromatic carbocycles. The van der Waals surface area contributed by atoms with Crippen molar-refractivity contribution in [2.24, 2.45) is 0 Å². The smallest absolute Gasteiger partial charge is 0.258 e. The molecule has 0 spiro atoms. The highest BCUT2D eigenvalue weighted by molar-refractivity contribution is 5.99. The van der Waals surface area contributed by atoms with Gasteiger partial charge < -0.3 is 10.2 Å². The number of benzene rings is 2. The Kier molecular flexibility index (Phi) is 4.40. The lowest BCUT2D eigenvalue weighted by molar-refractivity contribution is 0.0727. The fourth-order valence-corrected chi connectivity index (χ4v) is 3.87. The molecule has 0 saturated carbocycles. The Bertz CT molecular complexity index is 975. The third-order valence-corrected chi connectivity index (χ3v) is 5.05. The molecule has 0 aliphatic carbocycles. The van der Waals surface area contributed by atoms with E-state index in [4.69, 9.17) is 0 Å². The average molecular weight is 357 g/mol. The summed E-state index contributed by atoms with van der Waals surface area (Å²) in [4.78, 5) is 19.5. The number of anilines is 1. The van der Waals surface area contributed by atoms with E-state index in [-0.39, 0.29) is 12.1 Å². The van der Waals surface area contributed by atoms with E-state index in [9.17, 15) is 4.79 Å². The third kappa shape index (κ3) is 3.19. The molecule has 0 saturated heterocycles. The van der Waals surface area contributed by atoms with Gasteiger partial charge in [-0.15, -0.1) is 0 Å². The molecule has 2 heterocycles. The van der Waals surface area contributed by atoms with Crippen LogP contribution in [-0.2, 0) is 6.54 Å². The maximum absolute atomic E-state index is 13.1. The summed E-state index contributed by atoms with van der Waals surface area (Å²) in [6.07, 6.45) is 1.47. The number of nitrogens with zero attached hydrogens (tertiary/aromatic N) is 2. The minimum atomic E-state index is -0.283. The van der Waals surface area contributed by atoms with Crippen molar-refractivity contribution in [3.05, 3.63) is 94.3 Å². The number of aromatic nitrogens is 1. The van der Waals surface area contributed by atoms with Gasteiger partial charge in [0.2, 0.25) is 0 Å². The average Bonchev–Trinajstić information content (AvgIpc) is 2.91. The lowest BCUT2D eigenvalue weighted by Crippen LogP contribution is -2.32. The van der Waals surface area contributed by atoms with Crippen molar-refractivity contribution in [2.75, 3.05) is 5.32 Å². The zero-order valence-corrected chi connectivity index (χ0v) is 15.9. The number of carbonyl (C=O) groups excluding carboxylic acids is 1. The zero-order chi connectivity index (χ0) is 19.0. The van der Waals surface area contributed by atoms with E-state index in [1.165, 1.54) is 16.7 Å². The molecular formula is C23H23N3O. The molecule has 136 valence electrons. The summed E-state index contributed by atoms with van der Waals surface area (Å²) < 4.78 is 0. The van der Waals surface area contributed by atoms with Gasteiger partial charge in [-0.1, -0.05) is 48.0 Å². The number of aryl methyl sites for hydroxylation is 3. The van der Waals surface area contributed by atoms with Gasteiger partial charge >= 0.3 is 0 Å². The van der Waals surface area contributed by atoms with Gasteiger partial charge in [0.15, 0.2) is 0 Å². The summed E-state index contributed by atoms with van der Waals surface area (Å²) in [6, 6.07) is 18.1. The molecule has 27 heavy (non-hydrogen) atoms. The minimum absolute atomic E-state index is 0.0156. The number of pyridine rings is 1. The van der Waals surface area contributed by atoms with Gasteiger partial charge in [-0.3, -0.25) is 9.78 Å².